The van der Waals surface area contributed by atoms with Crippen LogP contribution in [0.1, 0.15) is 31.7 Å². The number of rotatable bonds is 9. The molecule has 20 heavy (non-hydrogen) atoms. The quantitative estimate of drug-likeness (QED) is 0.641. The van der Waals surface area contributed by atoms with E-state index in [1.54, 1.807) is 4.68 Å². The van der Waals surface area contributed by atoms with E-state index in [4.69, 9.17) is 4.74 Å². The van der Waals surface area contributed by atoms with Crippen molar-refractivity contribution in [1.29, 1.82) is 0 Å². The van der Waals surface area contributed by atoms with Crippen LogP contribution in [0.25, 0.3) is 0 Å². The number of carbonyl (C=O) groups excluding carboxylic acids is 1. The van der Waals surface area contributed by atoms with Crippen LogP contribution in [0, 0.1) is 0 Å². The predicted molar refractivity (Wildman–Crippen MR) is 75.1 cm³/mol. The first-order valence-electron chi connectivity index (χ1n) is 6.61. The van der Waals surface area contributed by atoms with Gasteiger partial charge in [0.15, 0.2) is 0 Å². The predicted octanol–water partition coefficient (Wildman–Crippen LogP) is 3.01. The molecule has 0 saturated heterocycles. The van der Waals surface area contributed by atoms with Crippen LogP contribution in [0.2, 0.25) is 0 Å². The van der Waals surface area contributed by atoms with Gasteiger partial charge < -0.3 is 4.74 Å². The molecule has 0 amide bonds. The van der Waals surface area contributed by atoms with Gasteiger partial charge in [0.05, 0.1) is 22.5 Å². The van der Waals surface area contributed by atoms with E-state index in [1.807, 2.05) is 13.8 Å². The summed E-state index contributed by atoms with van der Waals surface area (Å²) in [6.45, 7) is 4.05. The molecule has 1 aromatic rings. The van der Waals surface area contributed by atoms with E-state index < -0.39 is 13.0 Å². The lowest BCUT2D eigenvalue weighted by atomic mass is 10.1. The van der Waals surface area contributed by atoms with Gasteiger partial charge in [-0.3, -0.25) is 9.48 Å². The number of alkyl halides is 2. The SMILES string of the molecule is CCc1nn(CC)c(CC(=O)CCOCC(F)F)c1Br. The van der Waals surface area contributed by atoms with Crippen molar-refractivity contribution in [2.45, 2.75) is 46.1 Å². The van der Waals surface area contributed by atoms with Crippen molar-refractivity contribution < 1.29 is 18.3 Å². The fraction of sp³-hybridized carbons (Fsp3) is 0.692. The van der Waals surface area contributed by atoms with Crippen LogP contribution in [0.15, 0.2) is 4.47 Å². The summed E-state index contributed by atoms with van der Waals surface area (Å²) in [7, 11) is 0. The molecular formula is C13H19BrF2N2O2. The Labute approximate surface area is 125 Å². The van der Waals surface area contributed by atoms with Gasteiger partial charge in [-0.05, 0) is 29.3 Å². The molecule has 0 N–H and O–H groups in total. The number of carbonyl (C=O) groups is 1. The Morgan fingerprint density at radius 3 is 2.70 bits per heavy atom. The van der Waals surface area contributed by atoms with Crippen LogP contribution in [-0.4, -0.2) is 35.2 Å². The van der Waals surface area contributed by atoms with E-state index in [-0.39, 0.29) is 25.2 Å². The highest BCUT2D eigenvalue weighted by Gasteiger charge is 2.16. The molecule has 114 valence electrons. The van der Waals surface area contributed by atoms with Crippen molar-refractivity contribution in [3.05, 3.63) is 15.9 Å². The lowest BCUT2D eigenvalue weighted by Crippen LogP contribution is -2.13. The first-order valence-corrected chi connectivity index (χ1v) is 7.40. The highest BCUT2D eigenvalue weighted by Crippen LogP contribution is 2.23. The molecule has 0 fully saturated rings. The Morgan fingerprint density at radius 1 is 1.45 bits per heavy atom. The van der Waals surface area contributed by atoms with Gasteiger partial charge in [-0.15, -0.1) is 0 Å². The van der Waals surface area contributed by atoms with Gasteiger partial charge in [0, 0.05) is 19.4 Å². The summed E-state index contributed by atoms with van der Waals surface area (Å²) in [4.78, 5) is 11.8. The first kappa shape index (κ1) is 17.2. The van der Waals surface area contributed by atoms with Crippen molar-refractivity contribution in [2.75, 3.05) is 13.2 Å². The fourth-order valence-corrected chi connectivity index (χ4v) is 2.52. The smallest absolute Gasteiger partial charge is 0.261 e. The Balaban J connectivity index is 2.55. The molecule has 0 saturated carbocycles. The molecule has 1 rings (SSSR count). The van der Waals surface area contributed by atoms with Gasteiger partial charge >= 0.3 is 0 Å². The Morgan fingerprint density at radius 2 is 2.15 bits per heavy atom. The highest BCUT2D eigenvalue weighted by atomic mass is 79.9. The van der Waals surface area contributed by atoms with E-state index in [1.165, 1.54) is 0 Å². The maximum Gasteiger partial charge on any atom is 0.261 e. The number of hydrogen-bond acceptors (Lipinski definition) is 3. The average Bonchev–Trinajstić information content (AvgIpc) is 2.71. The minimum atomic E-state index is -2.49. The number of nitrogens with zero attached hydrogens (tertiary/aromatic N) is 2. The Kier molecular flexibility index (Phi) is 7.29. The third-order valence-corrected chi connectivity index (χ3v) is 3.74. The summed E-state index contributed by atoms with van der Waals surface area (Å²) in [5.41, 5.74) is 1.76. The number of halogens is 3. The van der Waals surface area contributed by atoms with Crippen LogP contribution >= 0.6 is 15.9 Å². The number of ether oxygens (including phenoxy) is 1. The van der Waals surface area contributed by atoms with Crippen molar-refractivity contribution >= 4 is 21.7 Å². The third-order valence-electron chi connectivity index (χ3n) is 2.83. The van der Waals surface area contributed by atoms with E-state index in [0.29, 0.717) is 6.54 Å². The number of hydrogen-bond donors (Lipinski definition) is 0. The minimum Gasteiger partial charge on any atom is -0.375 e. The Bertz CT molecular complexity index is 450. The lowest BCUT2D eigenvalue weighted by molar-refractivity contribution is -0.120. The third kappa shape index (κ3) is 4.94. The summed E-state index contributed by atoms with van der Waals surface area (Å²) < 4.78 is 31.1. The van der Waals surface area contributed by atoms with Gasteiger partial charge in [0.2, 0.25) is 0 Å². The Hall–Kier alpha value is -0.820. The first-order chi connectivity index (χ1) is 9.49. The fourth-order valence-electron chi connectivity index (χ4n) is 1.82. The molecule has 0 spiro atoms. The van der Waals surface area contributed by atoms with Gasteiger partial charge in [0.1, 0.15) is 12.4 Å². The topological polar surface area (TPSA) is 44.1 Å². The molecule has 0 radical (unpaired) electrons. The second kappa shape index (κ2) is 8.46. The second-order valence-corrected chi connectivity index (χ2v) is 5.10. The average molecular weight is 353 g/mol. The van der Waals surface area contributed by atoms with E-state index in [2.05, 4.69) is 21.0 Å². The van der Waals surface area contributed by atoms with Gasteiger partial charge in [0.25, 0.3) is 6.43 Å². The summed E-state index contributed by atoms with van der Waals surface area (Å²) in [5, 5.41) is 4.41. The molecular weight excluding hydrogens is 334 g/mol. The number of ketones is 1. The van der Waals surface area contributed by atoms with Crippen LogP contribution < -0.4 is 0 Å². The molecule has 0 aromatic carbocycles. The van der Waals surface area contributed by atoms with E-state index in [9.17, 15) is 13.6 Å². The maximum absolute atomic E-state index is 11.9. The molecule has 4 nitrogen and oxygen atoms in total. The van der Waals surface area contributed by atoms with Crippen molar-refractivity contribution in [2.24, 2.45) is 0 Å². The normalized spacial score (nSPS) is 11.3. The monoisotopic (exact) mass is 352 g/mol. The summed E-state index contributed by atoms with van der Waals surface area (Å²) in [6, 6.07) is 0. The maximum atomic E-state index is 11.9. The molecule has 0 aliphatic rings. The van der Waals surface area contributed by atoms with E-state index in [0.717, 1.165) is 22.3 Å². The molecule has 0 unspecified atom stereocenters. The van der Waals surface area contributed by atoms with Crippen LogP contribution in [-0.2, 0) is 28.9 Å². The van der Waals surface area contributed by atoms with E-state index >= 15 is 0 Å². The number of aromatic nitrogens is 2. The molecule has 0 atom stereocenters. The molecule has 7 heteroatoms. The zero-order valence-corrected chi connectivity index (χ0v) is 13.3. The van der Waals surface area contributed by atoms with Crippen molar-refractivity contribution in [1.82, 2.24) is 9.78 Å². The van der Waals surface area contributed by atoms with Crippen molar-refractivity contribution in [3.8, 4) is 0 Å². The van der Waals surface area contributed by atoms with Gasteiger partial charge in [-0.1, -0.05) is 6.92 Å². The van der Waals surface area contributed by atoms with Crippen LogP contribution in [0.4, 0.5) is 8.78 Å². The van der Waals surface area contributed by atoms with Gasteiger partial charge in [-0.25, -0.2) is 8.78 Å². The minimum absolute atomic E-state index is 0.0295. The highest BCUT2D eigenvalue weighted by molar-refractivity contribution is 9.10. The number of aryl methyl sites for hydroxylation is 2. The molecule has 0 bridgehead atoms. The summed E-state index contributed by atoms with van der Waals surface area (Å²) in [5.74, 6) is -0.0442. The van der Waals surface area contributed by atoms with Gasteiger partial charge in [-0.2, -0.15) is 5.10 Å². The molecule has 1 aromatic heterocycles. The molecule has 0 aliphatic heterocycles. The zero-order valence-electron chi connectivity index (χ0n) is 11.7. The summed E-state index contributed by atoms with van der Waals surface area (Å²) in [6.07, 6.45) is -1.34. The molecule has 0 aliphatic carbocycles. The number of Topliss-reactive ketones (excluding diaryl/α,β-unsaturated/α-hetero) is 1. The largest absolute Gasteiger partial charge is 0.375 e. The molecule has 1 heterocycles. The second-order valence-electron chi connectivity index (χ2n) is 4.31. The van der Waals surface area contributed by atoms with Crippen molar-refractivity contribution in [3.63, 3.8) is 0 Å². The van der Waals surface area contributed by atoms with Crippen LogP contribution in [0.3, 0.4) is 0 Å². The zero-order chi connectivity index (χ0) is 15.1. The standard InChI is InChI=1S/C13H19BrF2N2O2/c1-3-10-13(14)11(18(4-2)17-10)7-9(19)5-6-20-8-12(15)16/h12H,3-8H2,1-2H3. The lowest BCUT2D eigenvalue weighted by Gasteiger charge is -2.06. The summed E-state index contributed by atoms with van der Waals surface area (Å²) >= 11 is 3.47. The van der Waals surface area contributed by atoms with Crippen LogP contribution in [0.5, 0.6) is 0 Å².